The van der Waals surface area contributed by atoms with Crippen LogP contribution in [0.25, 0.3) is 60.8 Å². The van der Waals surface area contributed by atoms with E-state index < -0.39 is 0 Å². The van der Waals surface area contributed by atoms with E-state index in [0.29, 0.717) is 0 Å². The summed E-state index contributed by atoms with van der Waals surface area (Å²) in [6.45, 7) is 0. The van der Waals surface area contributed by atoms with Crippen LogP contribution in [0.15, 0.2) is 103 Å². The van der Waals surface area contributed by atoms with Gasteiger partial charge in [-0.3, -0.25) is 0 Å². The maximum atomic E-state index is 4.94. The monoisotopic (exact) mass is 410 g/mol. The first-order valence-corrected chi connectivity index (χ1v) is 10.7. The molecule has 32 heavy (non-hydrogen) atoms. The highest BCUT2D eigenvalue weighted by atomic mass is 15.0. The zero-order chi connectivity index (χ0) is 21.1. The second-order valence-electron chi connectivity index (χ2n) is 8.05. The summed E-state index contributed by atoms with van der Waals surface area (Å²) in [6, 6.07) is 33.8. The van der Waals surface area contributed by atoms with Gasteiger partial charge in [0.15, 0.2) is 5.82 Å². The van der Waals surface area contributed by atoms with Gasteiger partial charge in [0.1, 0.15) is 0 Å². The molecule has 0 aliphatic heterocycles. The molecule has 7 rings (SSSR count). The van der Waals surface area contributed by atoms with Crippen LogP contribution in [0, 0.1) is 0 Å². The van der Waals surface area contributed by atoms with Gasteiger partial charge in [0, 0.05) is 32.9 Å². The van der Waals surface area contributed by atoms with Crippen LogP contribution in [-0.2, 0) is 0 Å². The van der Waals surface area contributed by atoms with Gasteiger partial charge in [0.05, 0.1) is 28.3 Å². The van der Waals surface area contributed by atoms with E-state index in [1.54, 1.807) is 0 Å². The number of nitrogens with one attached hydrogen (secondary N) is 1. The first-order valence-electron chi connectivity index (χ1n) is 10.7. The molecular weight excluding hydrogens is 392 g/mol. The van der Waals surface area contributed by atoms with Crippen molar-refractivity contribution in [3.05, 3.63) is 103 Å². The number of aromatic amines is 1. The Morgan fingerprint density at radius 2 is 1.38 bits per heavy atom. The van der Waals surface area contributed by atoms with Crippen LogP contribution in [-0.4, -0.2) is 19.5 Å². The summed E-state index contributed by atoms with van der Waals surface area (Å²) < 4.78 is 2.32. The lowest BCUT2D eigenvalue weighted by Crippen LogP contribution is -1.93. The first-order chi connectivity index (χ1) is 15.9. The summed E-state index contributed by atoms with van der Waals surface area (Å²) in [5, 5.41) is 3.54. The van der Waals surface area contributed by atoms with Crippen LogP contribution in [0.1, 0.15) is 0 Å². The molecule has 4 nitrogen and oxygen atoms in total. The quantitative estimate of drug-likeness (QED) is 0.338. The van der Waals surface area contributed by atoms with E-state index in [1.807, 2.05) is 24.4 Å². The Morgan fingerprint density at radius 3 is 2.28 bits per heavy atom. The average Bonchev–Trinajstić information content (AvgIpc) is 3.39. The predicted octanol–water partition coefficient (Wildman–Crippen LogP) is 6.88. The fourth-order valence-corrected chi connectivity index (χ4v) is 4.73. The van der Waals surface area contributed by atoms with E-state index in [-0.39, 0.29) is 0 Å². The SMILES string of the molecule is c1ccc(-n2c3ccccc3c3cc(-c4ncc5[nH]c6ccccc6c5n4)ccc32)cc1. The number of fused-ring (bicyclic) bond motifs is 6. The molecule has 1 N–H and O–H groups in total. The maximum absolute atomic E-state index is 4.94. The first kappa shape index (κ1) is 17.3. The molecule has 3 aromatic heterocycles. The summed E-state index contributed by atoms with van der Waals surface area (Å²) in [5.74, 6) is 0.737. The van der Waals surface area contributed by atoms with Crippen molar-refractivity contribution in [3.8, 4) is 17.1 Å². The molecule has 4 aromatic carbocycles. The summed E-state index contributed by atoms with van der Waals surface area (Å²) in [5.41, 5.74) is 7.53. The molecule has 0 bridgehead atoms. The molecule has 0 spiro atoms. The van der Waals surface area contributed by atoms with Gasteiger partial charge >= 0.3 is 0 Å². The van der Waals surface area contributed by atoms with Crippen molar-refractivity contribution in [2.24, 2.45) is 0 Å². The van der Waals surface area contributed by atoms with Crippen LogP contribution in [0.5, 0.6) is 0 Å². The summed E-state index contributed by atoms with van der Waals surface area (Å²) in [7, 11) is 0. The Hall–Kier alpha value is -4.44. The molecule has 0 fully saturated rings. The zero-order valence-electron chi connectivity index (χ0n) is 17.2. The van der Waals surface area contributed by atoms with Gasteiger partial charge in [-0.15, -0.1) is 0 Å². The third kappa shape index (κ3) is 2.44. The Bertz CT molecular complexity index is 1770. The van der Waals surface area contributed by atoms with Crippen LogP contribution >= 0.6 is 0 Å². The minimum atomic E-state index is 0.737. The highest BCUT2D eigenvalue weighted by Gasteiger charge is 2.14. The van der Waals surface area contributed by atoms with Crippen molar-refractivity contribution in [2.75, 3.05) is 0 Å². The van der Waals surface area contributed by atoms with E-state index in [2.05, 4.69) is 93.4 Å². The highest BCUT2D eigenvalue weighted by molar-refractivity contribution is 6.10. The van der Waals surface area contributed by atoms with Gasteiger partial charge < -0.3 is 9.55 Å². The van der Waals surface area contributed by atoms with E-state index >= 15 is 0 Å². The number of H-pyrrole nitrogens is 1. The largest absolute Gasteiger partial charge is 0.352 e. The minimum absolute atomic E-state index is 0.737. The minimum Gasteiger partial charge on any atom is -0.352 e. The molecule has 0 radical (unpaired) electrons. The number of nitrogens with zero attached hydrogens (tertiary/aromatic N) is 3. The average molecular weight is 410 g/mol. The van der Waals surface area contributed by atoms with Crippen LogP contribution < -0.4 is 0 Å². The van der Waals surface area contributed by atoms with E-state index in [9.17, 15) is 0 Å². The second kappa shape index (κ2) is 6.53. The molecular formula is C28H18N4. The number of hydrogen-bond acceptors (Lipinski definition) is 2. The standard InChI is InChI=1S/C28H18N4/c1-2-8-19(9-3-1)32-25-13-7-5-10-20(25)22-16-18(14-15-26(22)32)28-29-17-24-27(31-28)21-11-4-6-12-23(21)30-24/h1-17,30H. The molecule has 7 aromatic rings. The third-order valence-electron chi connectivity index (χ3n) is 6.19. The van der Waals surface area contributed by atoms with Crippen molar-refractivity contribution in [2.45, 2.75) is 0 Å². The van der Waals surface area contributed by atoms with Gasteiger partial charge in [-0.2, -0.15) is 0 Å². The smallest absolute Gasteiger partial charge is 0.159 e. The zero-order valence-corrected chi connectivity index (χ0v) is 17.2. The van der Waals surface area contributed by atoms with E-state index in [0.717, 1.165) is 39.0 Å². The third-order valence-corrected chi connectivity index (χ3v) is 6.19. The molecule has 3 heterocycles. The van der Waals surface area contributed by atoms with Crippen LogP contribution in [0.2, 0.25) is 0 Å². The number of aromatic nitrogens is 4. The normalized spacial score (nSPS) is 11.8. The Labute approximate surface area is 183 Å². The molecule has 0 saturated heterocycles. The van der Waals surface area contributed by atoms with Gasteiger partial charge in [-0.1, -0.05) is 54.6 Å². The number of hydrogen-bond donors (Lipinski definition) is 1. The molecule has 0 atom stereocenters. The van der Waals surface area contributed by atoms with Crippen molar-refractivity contribution < 1.29 is 0 Å². The fraction of sp³-hybridized carbons (Fsp3) is 0. The Morgan fingerprint density at radius 1 is 0.625 bits per heavy atom. The van der Waals surface area contributed by atoms with Crippen LogP contribution in [0.3, 0.4) is 0 Å². The van der Waals surface area contributed by atoms with Gasteiger partial charge in [0.25, 0.3) is 0 Å². The Kier molecular flexibility index (Phi) is 3.52. The maximum Gasteiger partial charge on any atom is 0.159 e. The number of para-hydroxylation sites is 3. The lowest BCUT2D eigenvalue weighted by atomic mass is 10.1. The van der Waals surface area contributed by atoms with Crippen LogP contribution in [0.4, 0.5) is 0 Å². The Balaban J connectivity index is 1.49. The van der Waals surface area contributed by atoms with Gasteiger partial charge in [-0.05, 0) is 42.5 Å². The topological polar surface area (TPSA) is 46.5 Å². The predicted molar refractivity (Wildman–Crippen MR) is 131 cm³/mol. The molecule has 150 valence electrons. The van der Waals surface area contributed by atoms with Crippen molar-refractivity contribution >= 4 is 43.7 Å². The van der Waals surface area contributed by atoms with Crippen molar-refractivity contribution in [3.63, 3.8) is 0 Å². The molecule has 0 aliphatic carbocycles. The molecule has 0 unspecified atom stereocenters. The molecule has 4 heteroatoms. The summed E-state index contributed by atoms with van der Waals surface area (Å²) in [4.78, 5) is 13.0. The fourth-order valence-electron chi connectivity index (χ4n) is 4.73. The van der Waals surface area contributed by atoms with Gasteiger partial charge in [0.2, 0.25) is 0 Å². The van der Waals surface area contributed by atoms with Gasteiger partial charge in [-0.25, -0.2) is 9.97 Å². The lowest BCUT2D eigenvalue weighted by Gasteiger charge is -2.07. The number of benzene rings is 4. The number of rotatable bonds is 2. The molecule has 0 saturated carbocycles. The summed E-state index contributed by atoms with van der Waals surface area (Å²) in [6.07, 6.45) is 1.88. The van der Waals surface area contributed by atoms with Crippen molar-refractivity contribution in [1.82, 2.24) is 19.5 Å². The highest BCUT2D eigenvalue weighted by Crippen LogP contribution is 2.34. The second-order valence-corrected chi connectivity index (χ2v) is 8.05. The lowest BCUT2D eigenvalue weighted by molar-refractivity contribution is 1.18. The molecule has 0 amide bonds. The van der Waals surface area contributed by atoms with Crippen molar-refractivity contribution in [1.29, 1.82) is 0 Å². The summed E-state index contributed by atoms with van der Waals surface area (Å²) >= 11 is 0. The molecule has 0 aliphatic rings. The van der Waals surface area contributed by atoms with E-state index in [1.165, 1.54) is 21.8 Å². The van der Waals surface area contributed by atoms with E-state index in [4.69, 9.17) is 4.98 Å².